The van der Waals surface area contributed by atoms with E-state index in [9.17, 15) is 9.18 Å². The number of hydrogen-bond acceptors (Lipinski definition) is 5. The van der Waals surface area contributed by atoms with Crippen molar-refractivity contribution < 1.29 is 13.9 Å². The average molecular weight is 345 g/mol. The zero-order valence-electron chi connectivity index (χ0n) is 14.9. The Balaban J connectivity index is 0.00000109. The number of benzene rings is 1. The van der Waals surface area contributed by atoms with Crippen LogP contribution in [0.15, 0.2) is 36.7 Å². The molecule has 1 aliphatic carbocycles. The molecule has 2 aromatic rings. The molecule has 1 fully saturated rings. The van der Waals surface area contributed by atoms with E-state index in [-0.39, 0.29) is 11.4 Å². The Morgan fingerprint density at radius 1 is 1.28 bits per heavy atom. The number of esters is 1. The standard InChI is InChI=1S/C17H18FN3O2.C2H6/c1-2-23-15(22)12-10-19-16(20-11-12)21-17(7-4-8-17)13-5-3-6-14(18)9-13;1-2/h3,5-6,9-11H,2,4,7-8H2,1H3,(H,19,20,21);1-2H3. The van der Waals surface area contributed by atoms with Gasteiger partial charge in [-0.1, -0.05) is 26.0 Å². The van der Waals surface area contributed by atoms with Crippen LogP contribution >= 0.6 is 0 Å². The Morgan fingerprint density at radius 2 is 1.96 bits per heavy atom. The van der Waals surface area contributed by atoms with Crippen LogP contribution in [0.5, 0.6) is 0 Å². The summed E-state index contributed by atoms with van der Waals surface area (Å²) in [5.74, 6) is -0.279. The largest absolute Gasteiger partial charge is 0.462 e. The van der Waals surface area contributed by atoms with Gasteiger partial charge in [-0.2, -0.15) is 0 Å². The summed E-state index contributed by atoms with van der Waals surface area (Å²) >= 11 is 0. The van der Waals surface area contributed by atoms with Gasteiger partial charge in [0.1, 0.15) is 5.82 Å². The maximum Gasteiger partial charge on any atom is 0.341 e. The number of aromatic nitrogens is 2. The molecular weight excluding hydrogens is 321 g/mol. The molecule has 3 rings (SSSR count). The molecule has 1 aromatic carbocycles. The van der Waals surface area contributed by atoms with Gasteiger partial charge in [0.05, 0.1) is 17.7 Å². The van der Waals surface area contributed by atoms with Crippen LogP contribution in [0.1, 0.15) is 56.0 Å². The molecule has 25 heavy (non-hydrogen) atoms. The van der Waals surface area contributed by atoms with Gasteiger partial charge in [-0.3, -0.25) is 0 Å². The van der Waals surface area contributed by atoms with E-state index in [2.05, 4.69) is 15.3 Å². The average Bonchev–Trinajstić information content (AvgIpc) is 2.60. The van der Waals surface area contributed by atoms with Gasteiger partial charge >= 0.3 is 5.97 Å². The maximum absolute atomic E-state index is 13.5. The van der Waals surface area contributed by atoms with E-state index in [1.807, 2.05) is 19.9 Å². The minimum atomic E-state index is -0.442. The van der Waals surface area contributed by atoms with Gasteiger partial charge in [0.25, 0.3) is 0 Å². The second-order valence-electron chi connectivity index (χ2n) is 5.59. The monoisotopic (exact) mass is 345 g/mol. The fourth-order valence-electron chi connectivity index (χ4n) is 2.73. The molecule has 1 aliphatic rings. The van der Waals surface area contributed by atoms with Crippen molar-refractivity contribution in [1.29, 1.82) is 0 Å². The Bertz CT molecular complexity index is 700. The van der Waals surface area contributed by atoms with Gasteiger partial charge < -0.3 is 10.1 Å². The fourth-order valence-corrected chi connectivity index (χ4v) is 2.73. The third-order valence-electron chi connectivity index (χ3n) is 4.10. The van der Waals surface area contributed by atoms with Gasteiger partial charge in [-0.05, 0) is 43.9 Å². The van der Waals surface area contributed by atoms with Crippen molar-refractivity contribution in [1.82, 2.24) is 9.97 Å². The molecule has 0 atom stereocenters. The van der Waals surface area contributed by atoms with Crippen LogP contribution in [0.2, 0.25) is 0 Å². The summed E-state index contributed by atoms with van der Waals surface area (Å²) in [4.78, 5) is 20.0. The zero-order valence-corrected chi connectivity index (χ0v) is 14.9. The first kappa shape index (κ1) is 18.8. The molecule has 0 spiro atoms. The molecule has 0 amide bonds. The third kappa shape index (κ3) is 4.32. The van der Waals surface area contributed by atoms with Crippen LogP contribution < -0.4 is 5.32 Å². The van der Waals surface area contributed by atoms with Gasteiger partial charge in [0, 0.05) is 12.4 Å². The van der Waals surface area contributed by atoms with Crippen molar-refractivity contribution in [2.24, 2.45) is 0 Å². The first-order valence-electron chi connectivity index (χ1n) is 8.66. The number of rotatable bonds is 5. The van der Waals surface area contributed by atoms with Crippen molar-refractivity contribution in [2.75, 3.05) is 11.9 Å². The summed E-state index contributed by atoms with van der Waals surface area (Å²) in [6.45, 7) is 6.05. The van der Waals surface area contributed by atoms with E-state index >= 15 is 0 Å². The minimum absolute atomic E-state index is 0.255. The molecule has 134 valence electrons. The van der Waals surface area contributed by atoms with Crippen molar-refractivity contribution in [3.8, 4) is 0 Å². The first-order valence-corrected chi connectivity index (χ1v) is 8.66. The molecule has 1 aromatic heterocycles. The normalized spacial score (nSPS) is 14.6. The second-order valence-corrected chi connectivity index (χ2v) is 5.59. The maximum atomic E-state index is 13.5. The molecule has 0 radical (unpaired) electrons. The minimum Gasteiger partial charge on any atom is -0.462 e. The van der Waals surface area contributed by atoms with Crippen LogP contribution in [0.25, 0.3) is 0 Å². The van der Waals surface area contributed by atoms with Gasteiger partial charge in [0.15, 0.2) is 0 Å². The Morgan fingerprint density at radius 3 is 2.48 bits per heavy atom. The number of ether oxygens (including phenoxy) is 1. The van der Waals surface area contributed by atoms with E-state index in [1.54, 1.807) is 19.1 Å². The summed E-state index contributed by atoms with van der Waals surface area (Å²) in [5.41, 5.74) is 0.862. The Hall–Kier alpha value is -2.50. The predicted octanol–water partition coefficient (Wildman–Crippen LogP) is 4.31. The highest BCUT2D eigenvalue weighted by molar-refractivity contribution is 5.88. The molecular formula is C19H24FN3O2. The van der Waals surface area contributed by atoms with Crippen LogP contribution in [-0.4, -0.2) is 22.5 Å². The summed E-state index contributed by atoms with van der Waals surface area (Å²) in [5, 5.41) is 3.29. The SMILES string of the molecule is CC.CCOC(=O)c1cnc(NC2(c3cccc(F)c3)CCC2)nc1. The van der Waals surface area contributed by atoms with Crippen LogP contribution in [0, 0.1) is 5.82 Å². The number of nitrogens with zero attached hydrogens (tertiary/aromatic N) is 2. The molecule has 5 nitrogen and oxygen atoms in total. The summed E-state index contributed by atoms with van der Waals surface area (Å²) in [6.07, 6.45) is 5.71. The number of carbonyl (C=O) groups is 1. The lowest BCUT2D eigenvalue weighted by Gasteiger charge is -2.43. The van der Waals surface area contributed by atoms with Crippen molar-refractivity contribution >= 4 is 11.9 Å². The molecule has 0 unspecified atom stereocenters. The molecule has 0 bridgehead atoms. The molecule has 6 heteroatoms. The summed E-state index contributed by atoms with van der Waals surface area (Å²) in [6, 6.07) is 6.58. The highest BCUT2D eigenvalue weighted by Gasteiger charge is 2.39. The van der Waals surface area contributed by atoms with E-state index in [4.69, 9.17) is 4.74 Å². The smallest absolute Gasteiger partial charge is 0.341 e. The zero-order chi connectivity index (χ0) is 18.3. The molecule has 1 N–H and O–H groups in total. The molecule has 1 saturated carbocycles. The lowest BCUT2D eigenvalue weighted by molar-refractivity contribution is 0.0525. The number of anilines is 1. The fraction of sp³-hybridized carbons (Fsp3) is 0.421. The van der Waals surface area contributed by atoms with Crippen molar-refractivity contribution in [2.45, 2.75) is 45.6 Å². The molecule has 0 aliphatic heterocycles. The van der Waals surface area contributed by atoms with Crippen molar-refractivity contribution in [3.63, 3.8) is 0 Å². The van der Waals surface area contributed by atoms with E-state index < -0.39 is 5.97 Å². The quantitative estimate of drug-likeness (QED) is 0.818. The van der Waals surface area contributed by atoms with Gasteiger partial charge in [-0.25, -0.2) is 19.2 Å². The lowest BCUT2D eigenvalue weighted by Crippen LogP contribution is -2.42. The number of carbonyl (C=O) groups excluding carboxylic acids is 1. The number of nitrogens with one attached hydrogen (secondary N) is 1. The van der Waals surface area contributed by atoms with Crippen LogP contribution in [0.3, 0.4) is 0 Å². The van der Waals surface area contributed by atoms with E-state index in [0.29, 0.717) is 18.1 Å². The summed E-state index contributed by atoms with van der Waals surface area (Å²) < 4.78 is 18.4. The Kier molecular flexibility index (Phi) is 6.44. The van der Waals surface area contributed by atoms with E-state index in [1.165, 1.54) is 18.5 Å². The molecule has 1 heterocycles. The Labute approximate surface area is 147 Å². The number of hydrogen-bond donors (Lipinski definition) is 1. The van der Waals surface area contributed by atoms with Crippen LogP contribution in [-0.2, 0) is 10.3 Å². The highest BCUT2D eigenvalue weighted by Crippen LogP contribution is 2.43. The molecule has 0 saturated heterocycles. The number of halogens is 1. The second kappa shape index (κ2) is 8.55. The third-order valence-corrected chi connectivity index (χ3v) is 4.10. The predicted molar refractivity (Wildman–Crippen MR) is 94.9 cm³/mol. The lowest BCUT2D eigenvalue weighted by atomic mass is 9.72. The summed E-state index contributed by atoms with van der Waals surface area (Å²) in [7, 11) is 0. The topological polar surface area (TPSA) is 64.1 Å². The highest BCUT2D eigenvalue weighted by atomic mass is 19.1. The van der Waals surface area contributed by atoms with Crippen LogP contribution in [0.4, 0.5) is 10.3 Å². The van der Waals surface area contributed by atoms with E-state index in [0.717, 1.165) is 24.8 Å². The van der Waals surface area contributed by atoms with Crippen molar-refractivity contribution in [3.05, 3.63) is 53.6 Å². The first-order chi connectivity index (χ1) is 12.1. The van der Waals surface area contributed by atoms with Gasteiger partial charge in [-0.15, -0.1) is 0 Å². The van der Waals surface area contributed by atoms with Gasteiger partial charge in [0.2, 0.25) is 5.95 Å².